The van der Waals surface area contributed by atoms with Crippen molar-refractivity contribution in [3.63, 3.8) is 0 Å². The Bertz CT molecular complexity index is 648. The third-order valence-electron chi connectivity index (χ3n) is 3.95. The first kappa shape index (κ1) is 14.6. The average molecular weight is 298 g/mol. The summed E-state index contributed by atoms with van der Waals surface area (Å²) in [5.74, 6) is 0. The normalized spacial score (nSPS) is 14.4. The van der Waals surface area contributed by atoms with Gasteiger partial charge in [-0.3, -0.25) is 0 Å². The monoisotopic (exact) mass is 298 g/mol. The number of aromatic nitrogens is 1. The molecule has 0 saturated heterocycles. The summed E-state index contributed by atoms with van der Waals surface area (Å²) in [6.45, 7) is 7.39. The van der Waals surface area contributed by atoms with Crippen molar-refractivity contribution in [1.82, 2.24) is 10.3 Å². The molecule has 1 aliphatic carbocycles. The Kier molecular flexibility index (Phi) is 4.32. The summed E-state index contributed by atoms with van der Waals surface area (Å²) in [6, 6.07) is 9.60. The fourth-order valence-electron chi connectivity index (χ4n) is 2.26. The van der Waals surface area contributed by atoms with Crippen LogP contribution in [0.1, 0.15) is 35.1 Å². The van der Waals surface area contributed by atoms with Crippen LogP contribution in [0, 0.1) is 20.8 Å². The summed E-state index contributed by atoms with van der Waals surface area (Å²) in [4.78, 5) is 5.91. The van der Waals surface area contributed by atoms with E-state index in [9.17, 15) is 0 Å². The molecule has 2 nitrogen and oxygen atoms in total. The molecule has 0 atom stereocenters. The molecule has 0 spiro atoms. The smallest absolute Gasteiger partial charge is 0.104 e. The summed E-state index contributed by atoms with van der Waals surface area (Å²) in [5.41, 5.74) is 5.21. The number of rotatable bonds is 5. The van der Waals surface area contributed by atoms with Crippen molar-refractivity contribution in [3.8, 4) is 0 Å². The molecule has 1 aromatic heterocycles. The zero-order valence-corrected chi connectivity index (χ0v) is 13.8. The van der Waals surface area contributed by atoms with E-state index in [1.54, 1.807) is 11.8 Å². The van der Waals surface area contributed by atoms with Crippen LogP contribution in [-0.2, 0) is 6.54 Å². The highest BCUT2D eigenvalue weighted by Gasteiger charge is 2.20. The van der Waals surface area contributed by atoms with Crippen molar-refractivity contribution in [2.45, 2.75) is 56.1 Å². The minimum absolute atomic E-state index is 0.745. The van der Waals surface area contributed by atoms with Gasteiger partial charge in [0.1, 0.15) is 5.03 Å². The molecule has 1 saturated carbocycles. The number of nitrogens with one attached hydrogen (secondary N) is 1. The largest absolute Gasteiger partial charge is 0.310 e. The highest BCUT2D eigenvalue weighted by atomic mass is 32.2. The van der Waals surface area contributed by atoms with Gasteiger partial charge in [0.15, 0.2) is 0 Å². The van der Waals surface area contributed by atoms with Crippen LogP contribution in [0.25, 0.3) is 0 Å². The topological polar surface area (TPSA) is 24.9 Å². The SMILES string of the molecule is Cc1ccc(Sc2ncc(CNC3CC3)cc2C)cc1C. The molecule has 1 aromatic carbocycles. The standard InChI is InChI=1S/C18H22N2S/c1-12-4-7-17(9-13(12)2)21-18-14(3)8-15(11-20-18)10-19-16-5-6-16/h4,7-9,11,16,19H,5-6,10H2,1-3H3. The highest BCUT2D eigenvalue weighted by molar-refractivity contribution is 7.99. The van der Waals surface area contributed by atoms with Gasteiger partial charge in [-0.2, -0.15) is 0 Å². The van der Waals surface area contributed by atoms with Gasteiger partial charge >= 0.3 is 0 Å². The van der Waals surface area contributed by atoms with E-state index in [1.165, 1.54) is 40.0 Å². The molecule has 1 fully saturated rings. The number of benzene rings is 1. The summed E-state index contributed by atoms with van der Waals surface area (Å²) in [7, 11) is 0. The summed E-state index contributed by atoms with van der Waals surface area (Å²) < 4.78 is 0. The lowest BCUT2D eigenvalue weighted by Crippen LogP contribution is -2.15. The van der Waals surface area contributed by atoms with Crippen LogP contribution >= 0.6 is 11.8 Å². The fourth-order valence-corrected chi connectivity index (χ4v) is 3.18. The first-order valence-corrected chi connectivity index (χ1v) is 8.37. The van der Waals surface area contributed by atoms with E-state index in [2.05, 4.69) is 55.3 Å². The molecule has 3 heteroatoms. The number of hydrogen-bond donors (Lipinski definition) is 1. The van der Waals surface area contributed by atoms with Crippen LogP contribution in [-0.4, -0.2) is 11.0 Å². The lowest BCUT2D eigenvalue weighted by Gasteiger charge is -2.09. The number of aryl methyl sites for hydroxylation is 3. The molecule has 21 heavy (non-hydrogen) atoms. The van der Waals surface area contributed by atoms with Gasteiger partial charge in [-0.1, -0.05) is 23.9 Å². The lowest BCUT2D eigenvalue weighted by atomic mass is 10.1. The Morgan fingerprint density at radius 3 is 2.57 bits per heavy atom. The minimum atomic E-state index is 0.745. The lowest BCUT2D eigenvalue weighted by molar-refractivity contribution is 0.684. The minimum Gasteiger partial charge on any atom is -0.310 e. The van der Waals surface area contributed by atoms with Gasteiger partial charge in [-0.15, -0.1) is 0 Å². The number of nitrogens with zero attached hydrogens (tertiary/aromatic N) is 1. The second-order valence-electron chi connectivity index (χ2n) is 5.97. The molecular formula is C18H22N2S. The van der Waals surface area contributed by atoms with Gasteiger partial charge in [0.2, 0.25) is 0 Å². The van der Waals surface area contributed by atoms with Crippen LogP contribution in [0.15, 0.2) is 40.4 Å². The van der Waals surface area contributed by atoms with E-state index < -0.39 is 0 Å². The molecule has 1 N–H and O–H groups in total. The fraction of sp³-hybridized carbons (Fsp3) is 0.389. The van der Waals surface area contributed by atoms with E-state index in [0.717, 1.165) is 17.6 Å². The zero-order valence-electron chi connectivity index (χ0n) is 12.9. The first-order chi connectivity index (χ1) is 10.1. The van der Waals surface area contributed by atoms with E-state index in [0.29, 0.717) is 0 Å². The van der Waals surface area contributed by atoms with Gasteiger partial charge in [0.05, 0.1) is 0 Å². The van der Waals surface area contributed by atoms with E-state index in [-0.39, 0.29) is 0 Å². The van der Waals surface area contributed by atoms with Gasteiger partial charge < -0.3 is 5.32 Å². The molecule has 3 rings (SSSR count). The van der Waals surface area contributed by atoms with Crippen LogP contribution < -0.4 is 5.32 Å². The van der Waals surface area contributed by atoms with Crippen molar-refractivity contribution in [2.75, 3.05) is 0 Å². The van der Waals surface area contributed by atoms with Gasteiger partial charge in [0.25, 0.3) is 0 Å². The van der Waals surface area contributed by atoms with E-state index >= 15 is 0 Å². The molecule has 0 unspecified atom stereocenters. The van der Waals surface area contributed by atoms with Gasteiger partial charge in [-0.05, 0) is 68.0 Å². The third-order valence-corrected chi connectivity index (χ3v) is 5.06. The Hall–Kier alpha value is -1.32. The number of hydrogen-bond acceptors (Lipinski definition) is 3. The summed E-state index contributed by atoms with van der Waals surface area (Å²) in [6.07, 6.45) is 4.66. The zero-order chi connectivity index (χ0) is 14.8. The van der Waals surface area contributed by atoms with Crippen LogP contribution in [0.2, 0.25) is 0 Å². The molecule has 0 radical (unpaired) electrons. The molecule has 1 aliphatic rings. The molecule has 0 amide bonds. The highest BCUT2D eigenvalue weighted by Crippen LogP contribution is 2.30. The first-order valence-electron chi connectivity index (χ1n) is 7.56. The van der Waals surface area contributed by atoms with E-state index in [4.69, 9.17) is 0 Å². The molecule has 2 aromatic rings. The number of pyridine rings is 1. The third kappa shape index (κ3) is 3.86. The average Bonchev–Trinajstić information content (AvgIpc) is 3.27. The molecule has 1 heterocycles. The molecular weight excluding hydrogens is 276 g/mol. The molecule has 110 valence electrons. The quantitative estimate of drug-likeness (QED) is 0.885. The maximum atomic E-state index is 4.65. The Morgan fingerprint density at radius 1 is 1.10 bits per heavy atom. The van der Waals surface area contributed by atoms with Crippen molar-refractivity contribution in [2.24, 2.45) is 0 Å². The van der Waals surface area contributed by atoms with Crippen LogP contribution in [0.4, 0.5) is 0 Å². The summed E-state index contributed by atoms with van der Waals surface area (Å²) >= 11 is 1.75. The Morgan fingerprint density at radius 2 is 1.90 bits per heavy atom. The summed E-state index contributed by atoms with van der Waals surface area (Å²) in [5, 5.41) is 4.64. The molecule has 0 aliphatic heterocycles. The Labute approximate surface area is 131 Å². The second kappa shape index (κ2) is 6.20. The van der Waals surface area contributed by atoms with Gasteiger partial charge in [0, 0.05) is 23.7 Å². The second-order valence-corrected chi connectivity index (χ2v) is 7.03. The van der Waals surface area contributed by atoms with Crippen molar-refractivity contribution >= 4 is 11.8 Å². The predicted molar refractivity (Wildman–Crippen MR) is 88.9 cm³/mol. The van der Waals surface area contributed by atoms with Gasteiger partial charge in [-0.25, -0.2) is 4.98 Å². The maximum absolute atomic E-state index is 4.65. The van der Waals surface area contributed by atoms with Crippen LogP contribution in [0.5, 0.6) is 0 Å². The predicted octanol–water partition coefficient (Wildman–Crippen LogP) is 4.41. The molecule has 0 bridgehead atoms. The van der Waals surface area contributed by atoms with Crippen LogP contribution in [0.3, 0.4) is 0 Å². The van der Waals surface area contributed by atoms with Crippen molar-refractivity contribution < 1.29 is 0 Å². The Balaban J connectivity index is 1.70. The van der Waals surface area contributed by atoms with E-state index in [1.807, 2.05) is 6.20 Å². The maximum Gasteiger partial charge on any atom is 0.104 e. The van der Waals surface area contributed by atoms with Crippen molar-refractivity contribution in [1.29, 1.82) is 0 Å². The van der Waals surface area contributed by atoms with Crippen molar-refractivity contribution in [3.05, 3.63) is 52.7 Å².